The van der Waals surface area contributed by atoms with E-state index < -0.39 is 0 Å². The maximum Gasteiger partial charge on any atom is 0.208 e. The van der Waals surface area contributed by atoms with Crippen LogP contribution < -0.4 is 5.32 Å². The number of anilines is 1. The van der Waals surface area contributed by atoms with E-state index in [9.17, 15) is 4.39 Å². The number of benzene rings is 1. The van der Waals surface area contributed by atoms with Crippen LogP contribution in [0.5, 0.6) is 0 Å². The van der Waals surface area contributed by atoms with Crippen molar-refractivity contribution in [1.29, 1.82) is 0 Å². The molecular weight excluding hydrogens is 345 g/mol. The molecule has 1 N–H and O–H groups in total. The van der Waals surface area contributed by atoms with Gasteiger partial charge in [-0.2, -0.15) is 0 Å². The van der Waals surface area contributed by atoms with Crippen LogP contribution in [0.1, 0.15) is 30.2 Å². The number of hydrogen-bond acceptors (Lipinski definition) is 5. The molecule has 0 unspecified atom stereocenters. The summed E-state index contributed by atoms with van der Waals surface area (Å²) in [5.41, 5.74) is 2.21. The van der Waals surface area contributed by atoms with E-state index in [1.807, 2.05) is 27.0 Å². The van der Waals surface area contributed by atoms with Crippen molar-refractivity contribution in [3.05, 3.63) is 41.4 Å². The summed E-state index contributed by atoms with van der Waals surface area (Å²) in [7, 11) is 1.85. The zero-order valence-corrected chi connectivity index (χ0v) is 16.1. The number of nitrogens with zero attached hydrogens (tertiary/aromatic N) is 4. The monoisotopic (exact) mass is 371 g/mol. The number of aromatic nitrogens is 3. The van der Waals surface area contributed by atoms with Crippen molar-refractivity contribution >= 4 is 17.0 Å². The van der Waals surface area contributed by atoms with Crippen molar-refractivity contribution < 1.29 is 8.81 Å². The fraction of sp³-hybridized carbons (Fsp3) is 0.500. The van der Waals surface area contributed by atoms with Crippen molar-refractivity contribution in [3.8, 4) is 0 Å². The maximum atomic E-state index is 14.0. The molecular formula is C20H26FN5O. The first kappa shape index (κ1) is 18.0. The van der Waals surface area contributed by atoms with E-state index in [1.165, 1.54) is 6.07 Å². The third kappa shape index (κ3) is 3.69. The van der Waals surface area contributed by atoms with Gasteiger partial charge in [-0.05, 0) is 57.8 Å². The summed E-state index contributed by atoms with van der Waals surface area (Å²) in [6, 6.07) is 5.01. The minimum Gasteiger partial charge on any atom is -0.444 e. The molecule has 0 radical (unpaired) electrons. The topological polar surface area (TPSA) is 59.1 Å². The zero-order chi connectivity index (χ0) is 19.0. The number of halogens is 1. The Bertz CT molecular complexity index is 920. The Hall–Kier alpha value is -2.41. The van der Waals surface area contributed by atoms with Gasteiger partial charge in [0.2, 0.25) is 11.8 Å². The van der Waals surface area contributed by atoms with Crippen LogP contribution in [0, 0.1) is 25.6 Å². The molecule has 3 heterocycles. The van der Waals surface area contributed by atoms with E-state index in [0.717, 1.165) is 62.3 Å². The summed E-state index contributed by atoms with van der Waals surface area (Å²) in [5.74, 6) is 2.79. The average Bonchev–Trinajstić information content (AvgIpc) is 3.14. The first-order valence-electron chi connectivity index (χ1n) is 9.51. The molecule has 0 atom stereocenters. The molecule has 0 bridgehead atoms. The highest BCUT2D eigenvalue weighted by atomic mass is 19.1. The van der Waals surface area contributed by atoms with Crippen molar-refractivity contribution in [2.75, 3.05) is 25.0 Å². The minimum atomic E-state index is -0.235. The van der Waals surface area contributed by atoms with Gasteiger partial charge in [0.25, 0.3) is 0 Å². The second-order valence-corrected chi connectivity index (χ2v) is 7.45. The molecule has 144 valence electrons. The molecule has 1 saturated heterocycles. The molecule has 6 nitrogen and oxygen atoms in total. The van der Waals surface area contributed by atoms with E-state index in [4.69, 9.17) is 4.42 Å². The molecule has 2 aromatic heterocycles. The van der Waals surface area contributed by atoms with Gasteiger partial charge >= 0.3 is 0 Å². The predicted molar refractivity (Wildman–Crippen MR) is 103 cm³/mol. The zero-order valence-electron chi connectivity index (χ0n) is 16.1. The lowest BCUT2D eigenvalue weighted by molar-refractivity contribution is 0.167. The number of piperidine rings is 1. The molecule has 7 heteroatoms. The number of aryl methyl sites for hydroxylation is 3. The van der Waals surface area contributed by atoms with Crippen LogP contribution in [0.4, 0.5) is 10.3 Å². The molecule has 1 fully saturated rings. The smallest absolute Gasteiger partial charge is 0.208 e. The molecule has 27 heavy (non-hydrogen) atoms. The van der Waals surface area contributed by atoms with E-state index in [2.05, 4.69) is 20.2 Å². The van der Waals surface area contributed by atoms with E-state index >= 15 is 0 Å². The summed E-state index contributed by atoms with van der Waals surface area (Å²) in [6.45, 7) is 7.63. The number of para-hydroxylation sites is 1. The van der Waals surface area contributed by atoms with E-state index in [-0.39, 0.29) is 5.82 Å². The SMILES string of the molecule is Cc1nc(CN2CCC(CNc3nc4cccc(F)c4n3C)CC2)oc1C. The second kappa shape index (κ2) is 7.31. The van der Waals surface area contributed by atoms with Gasteiger partial charge in [0.05, 0.1) is 17.8 Å². The van der Waals surface area contributed by atoms with Gasteiger partial charge in [-0.1, -0.05) is 6.07 Å². The van der Waals surface area contributed by atoms with Crippen LogP contribution in [0.25, 0.3) is 11.0 Å². The Labute approximate surface area is 158 Å². The van der Waals surface area contributed by atoms with Crippen LogP contribution in [-0.4, -0.2) is 39.1 Å². The third-order valence-corrected chi connectivity index (χ3v) is 5.53. The third-order valence-electron chi connectivity index (χ3n) is 5.53. The quantitative estimate of drug-likeness (QED) is 0.742. The molecule has 1 aliphatic rings. The number of nitrogens with one attached hydrogen (secondary N) is 1. The number of oxazole rings is 1. The van der Waals surface area contributed by atoms with Gasteiger partial charge in [0.1, 0.15) is 17.1 Å². The first-order valence-corrected chi connectivity index (χ1v) is 9.51. The summed E-state index contributed by atoms with van der Waals surface area (Å²) < 4.78 is 21.5. The van der Waals surface area contributed by atoms with E-state index in [1.54, 1.807) is 10.6 Å². The number of imidazole rings is 1. The van der Waals surface area contributed by atoms with E-state index in [0.29, 0.717) is 17.0 Å². The summed E-state index contributed by atoms with van der Waals surface area (Å²) in [5, 5.41) is 3.41. The maximum absolute atomic E-state index is 14.0. The van der Waals surface area contributed by atoms with Gasteiger partial charge < -0.3 is 14.3 Å². The second-order valence-electron chi connectivity index (χ2n) is 7.45. The average molecular weight is 371 g/mol. The Balaban J connectivity index is 1.31. The normalized spacial score (nSPS) is 16.3. The molecule has 0 spiro atoms. The highest BCUT2D eigenvalue weighted by Crippen LogP contribution is 2.23. The first-order chi connectivity index (χ1) is 13.0. The Kier molecular flexibility index (Phi) is 4.86. The number of hydrogen-bond donors (Lipinski definition) is 1. The molecule has 0 aliphatic carbocycles. The predicted octanol–water partition coefficient (Wildman–Crippen LogP) is 3.64. The molecule has 3 aromatic rings. The van der Waals surface area contributed by atoms with Crippen molar-refractivity contribution in [1.82, 2.24) is 19.4 Å². The fourth-order valence-electron chi connectivity index (χ4n) is 3.76. The Morgan fingerprint density at radius 1 is 1.22 bits per heavy atom. The van der Waals surface area contributed by atoms with Gasteiger partial charge in [-0.3, -0.25) is 4.90 Å². The molecule has 4 rings (SSSR count). The largest absolute Gasteiger partial charge is 0.444 e. The van der Waals surface area contributed by atoms with Crippen LogP contribution >= 0.6 is 0 Å². The van der Waals surface area contributed by atoms with Crippen molar-refractivity contribution in [3.63, 3.8) is 0 Å². The lowest BCUT2D eigenvalue weighted by Crippen LogP contribution is -2.35. The van der Waals surface area contributed by atoms with Crippen molar-refractivity contribution in [2.24, 2.45) is 13.0 Å². The van der Waals surface area contributed by atoms with Gasteiger partial charge in [0, 0.05) is 13.6 Å². The number of rotatable bonds is 5. The van der Waals surface area contributed by atoms with Gasteiger partial charge in [0.15, 0.2) is 0 Å². The van der Waals surface area contributed by atoms with Crippen LogP contribution in [0.2, 0.25) is 0 Å². The molecule has 0 saturated carbocycles. The Morgan fingerprint density at radius 2 is 2.00 bits per heavy atom. The summed E-state index contributed by atoms with van der Waals surface area (Å²) in [4.78, 5) is 11.4. The lowest BCUT2D eigenvalue weighted by atomic mass is 9.97. The summed E-state index contributed by atoms with van der Waals surface area (Å²) in [6.07, 6.45) is 2.23. The van der Waals surface area contributed by atoms with Gasteiger partial charge in [-0.15, -0.1) is 0 Å². The highest BCUT2D eigenvalue weighted by molar-refractivity contribution is 5.79. The Morgan fingerprint density at radius 3 is 2.67 bits per heavy atom. The standard InChI is InChI=1S/C20H26FN5O/c1-13-14(2)27-18(23-13)12-26-9-7-15(8-10-26)11-22-20-24-17-6-4-5-16(21)19(17)25(20)3/h4-6,15H,7-12H2,1-3H3,(H,22,24). The van der Waals surface area contributed by atoms with Crippen LogP contribution in [-0.2, 0) is 13.6 Å². The number of fused-ring (bicyclic) bond motifs is 1. The fourth-order valence-corrected chi connectivity index (χ4v) is 3.76. The van der Waals surface area contributed by atoms with Crippen molar-refractivity contribution in [2.45, 2.75) is 33.2 Å². The number of likely N-dealkylation sites (tertiary alicyclic amines) is 1. The molecule has 1 aromatic carbocycles. The van der Waals surface area contributed by atoms with Crippen LogP contribution in [0.3, 0.4) is 0 Å². The highest BCUT2D eigenvalue weighted by Gasteiger charge is 2.21. The lowest BCUT2D eigenvalue weighted by Gasteiger charge is -2.31. The molecule has 0 amide bonds. The molecule has 1 aliphatic heterocycles. The van der Waals surface area contributed by atoms with Gasteiger partial charge in [-0.25, -0.2) is 14.4 Å². The van der Waals surface area contributed by atoms with Crippen LogP contribution in [0.15, 0.2) is 22.6 Å². The minimum absolute atomic E-state index is 0.235. The summed E-state index contributed by atoms with van der Waals surface area (Å²) >= 11 is 0.